The van der Waals surface area contributed by atoms with E-state index < -0.39 is 9.84 Å². The smallest absolute Gasteiger partial charge is 0.221 e. The molecule has 1 rings (SSSR count). The molecule has 0 bridgehead atoms. The highest BCUT2D eigenvalue weighted by molar-refractivity contribution is 7.90. The van der Waals surface area contributed by atoms with Gasteiger partial charge >= 0.3 is 0 Å². The van der Waals surface area contributed by atoms with Crippen molar-refractivity contribution in [2.24, 2.45) is 5.92 Å². The molecule has 0 heterocycles. The molecule has 0 atom stereocenters. The topological polar surface area (TPSA) is 63.2 Å². The number of benzene rings is 1. The number of carbonyl (C=O) groups excluding carboxylic acids is 1. The molecule has 0 saturated heterocycles. The fraction of sp³-hybridized carbons (Fsp3) is 0.500. The van der Waals surface area contributed by atoms with Crippen molar-refractivity contribution in [3.05, 3.63) is 35.9 Å². The van der Waals surface area contributed by atoms with Gasteiger partial charge in [0.25, 0.3) is 0 Å². The number of nitrogens with one attached hydrogen (secondary N) is 1. The number of rotatable bonds is 7. The minimum absolute atomic E-state index is 0.00863. The summed E-state index contributed by atoms with van der Waals surface area (Å²) < 4.78 is 23.7. The number of hydrogen-bond acceptors (Lipinski definition) is 3. The Morgan fingerprint density at radius 1 is 1.21 bits per heavy atom. The van der Waals surface area contributed by atoms with Gasteiger partial charge in [0, 0.05) is 13.0 Å². The molecule has 0 unspecified atom stereocenters. The first-order valence-electron chi connectivity index (χ1n) is 6.40. The molecule has 0 aliphatic heterocycles. The second-order valence-electron chi connectivity index (χ2n) is 5.03. The Bertz CT molecular complexity index is 495. The van der Waals surface area contributed by atoms with E-state index in [-0.39, 0.29) is 23.8 Å². The Balaban J connectivity index is 2.41. The maximum Gasteiger partial charge on any atom is 0.221 e. The van der Waals surface area contributed by atoms with E-state index in [1.165, 1.54) is 0 Å². The molecule has 1 N–H and O–H groups in total. The number of carbonyl (C=O) groups is 1. The van der Waals surface area contributed by atoms with Gasteiger partial charge in [-0.15, -0.1) is 0 Å². The lowest BCUT2D eigenvalue weighted by molar-refractivity contribution is -0.120. The quantitative estimate of drug-likeness (QED) is 0.829. The zero-order valence-corrected chi connectivity index (χ0v) is 12.2. The first-order valence-corrected chi connectivity index (χ1v) is 8.22. The predicted octanol–water partition coefficient (Wildman–Crippen LogP) is 1.76. The van der Waals surface area contributed by atoms with Crippen molar-refractivity contribution in [2.75, 3.05) is 12.3 Å². The molecule has 0 aromatic heterocycles. The summed E-state index contributed by atoms with van der Waals surface area (Å²) in [5, 5.41) is 2.72. The molecule has 1 amide bonds. The Morgan fingerprint density at radius 2 is 1.84 bits per heavy atom. The van der Waals surface area contributed by atoms with Crippen LogP contribution < -0.4 is 5.32 Å². The normalized spacial score (nSPS) is 11.5. The van der Waals surface area contributed by atoms with E-state index in [0.717, 1.165) is 5.56 Å². The molecule has 0 aliphatic carbocycles. The Hall–Kier alpha value is -1.36. The number of amides is 1. The molecule has 19 heavy (non-hydrogen) atoms. The van der Waals surface area contributed by atoms with Gasteiger partial charge in [-0.05, 0) is 11.5 Å². The van der Waals surface area contributed by atoms with Crippen LogP contribution in [0.15, 0.2) is 30.3 Å². The summed E-state index contributed by atoms with van der Waals surface area (Å²) >= 11 is 0. The lowest BCUT2D eigenvalue weighted by Crippen LogP contribution is -2.29. The first-order chi connectivity index (χ1) is 8.89. The minimum Gasteiger partial charge on any atom is -0.356 e. The lowest BCUT2D eigenvalue weighted by atomic mass is 10.2. The van der Waals surface area contributed by atoms with Crippen molar-refractivity contribution in [2.45, 2.75) is 26.0 Å². The van der Waals surface area contributed by atoms with E-state index in [0.29, 0.717) is 12.5 Å². The fourth-order valence-electron chi connectivity index (χ4n) is 1.55. The van der Waals surface area contributed by atoms with Crippen LogP contribution in [-0.2, 0) is 20.4 Å². The Morgan fingerprint density at radius 3 is 2.42 bits per heavy atom. The van der Waals surface area contributed by atoms with Crippen LogP contribution in [-0.4, -0.2) is 26.6 Å². The summed E-state index contributed by atoms with van der Waals surface area (Å²) in [5.74, 6) is 0.0483. The van der Waals surface area contributed by atoms with Crippen LogP contribution in [0, 0.1) is 5.92 Å². The van der Waals surface area contributed by atoms with Gasteiger partial charge in [0.2, 0.25) is 5.91 Å². The molecule has 0 radical (unpaired) electrons. The maximum atomic E-state index is 11.9. The third kappa shape index (κ3) is 6.96. The lowest BCUT2D eigenvalue weighted by Gasteiger charge is -2.08. The number of hydrogen-bond donors (Lipinski definition) is 1. The van der Waals surface area contributed by atoms with Crippen LogP contribution in [0.5, 0.6) is 0 Å². The highest BCUT2D eigenvalue weighted by atomic mass is 32.2. The van der Waals surface area contributed by atoms with Crippen LogP contribution in [0.25, 0.3) is 0 Å². The minimum atomic E-state index is -3.23. The SMILES string of the molecule is CC(C)CNC(=O)CCS(=O)(=O)Cc1ccccc1. The number of sulfone groups is 1. The van der Waals surface area contributed by atoms with Gasteiger partial charge in [-0.3, -0.25) is 4.79 Å². The fourth-order valence-corrected chi connectivity index (χ4v) is 2.90. The van der Waals surface area contributed by atoms with Crippen molar-refractivity contribution in [1.29, 1.82) is 0 Å². The van der Waals surface area contributed by atoms with Crippen molar-refractivity contribution in [3.8, 4) is 0 Å². The van der Waals surface area contributed by atoms with Gasteiger partial charge in [-0.2, -0.15) is 0 Å². The monoisotopic (exact) mass is 283 g/mol. The van der Waals surface area contributed by atoms with E-state index in [1.807, 2.05) is 19.9 Å². The van der Waals surface area contributed by atoms with Gasteiger partial charge in [-0.1, -0.05) is 44.2 Å². The van der Waals surface area contributed by atoms with Crippen LogP contribution >= 0.6 is 0 Å². The molecule has 0 spiro atoms. The molecular formula is C14H21NO3S. The van der Waals surface area contributed by atoms with Gasteiger partial charge in [0.05, 0.1) is 11.5 Å². The first kappa shape index (κ1) is 15.7. The average Bonchev–Trinajstić information content (AvgIpc) is 2.34. The van der Waals surface area contributed by atoms with E-state index in [9.17, 15) is 13.2 Å². The van der Waals surface area contributed by atoms with Gasteiger partial charge < -0.3 is 5.32 Å². The molecule has 4 nitrogen and oxygen atoms in total. The van der Waals surface area contributed by atoms with Crippen molar-refractivity contribution >= 4 is 15.7 Å². The third-order valence-corrected chi connectivity index (χ3v) is 4.18. The summed E-state index contributed by atoms with van der Waals surface area (Å²) in [6.07, 6.45) is 0.0296. The van der Waals surface area contributed by atoms with Gasteiger partial charge in [0.15, 0.2) is 9.84 Å². The van der Waals surface area contributed by atoms with Crippen LogP contribution in [0.2, 0.25) is 0 Å². The summed E-state index contributed by atoms with van der Waals surface area (Å²) in [7, 11) is -3.23. The van der Waals surface area contributed by atoms with Gasteiger partial charge in [0.1, 0.15) is 0 Å². The molecule has 0 saturated carbocycles. The van der Waals surface area contributed by atoms with Gasteiger partial charge in [-0.25, -0.2) is 8.42 Å². The highest BCUT2D eigenvalue weighted by Crippen LogP contribution is 2.07. The van der Waals surface area contributed by atoms with E-state index in [1.54, 1.807) is 24.3 Å². The molecule has 106 valence electrons. The molecule has 1 aromatic carbocycles. The summed E-state index contributed by atoms with van der Waals surface area (Å²) in [6.45, 7) is 4.57. The largest absolute Gasteiger partial charge is 0.356 e. The highest BCUT2D eigenvalue weighted by Gasteiger charge is 2.14. The summed E-state index contributed by atoms with van der Waals surface area (Å²) in [6, 6.07) is 9.00. The molecule has 5 heteroatoms. The standard InChI is InChI=1S/C14H21NO3S/c1-12(2)10-15-14(16)8-9-19(17,18)11-13-6-4-3-5-7-13/h3-7,12H,8-11H2,1-2H3,(H,15,16). The molecule has 1 aromatic rings. The van der Waals surface area contributed by atoms with Crippen LogP contribution in [0.3, 0.4) is 0 Å². The average molecular weight is 283 g/mol. The summed E-state index contributed by atoms with van der Waals surface area (Å²) in [5.41, 5.74) is 0.755. The molecule has 0 aliphatic rings. The second-order valence-corrected chi connectivity index (χ2v) is 7.21. The van der Waals surface area contributed by atoms with Crippen molar-refractivity contribution in [1.82, 2.24) is 5.32 Å². The zero-order chi connectivity index (χ0) is 14.3. The summed E-state index contributed by atoms with van der Waals surface area (Å²) in [4.78, 5) is 11.5. The van der Waals surface area contributed by atoms with Crippen molar-refractivity contribution < 1.29 is 13.2 Å². The molecule has 0 fully saturated rings. The van der Waals surface area contributed by atoms with Crippen LogP contribution in [0.1, 0.15) is 25.8 Å². The van der Waals surface area contributed by atoms with E-state index >= 15 is 0 Å². The zero-order valence-electron chi connectivity index (χ0n) is 11.4. The Kier molecular flexibility index (Phi) is 6.02. The maximum absolute atomic E-state index is 11.9. The second kappa shape index (κ2) is 7.28. The van der Waals surface area contributed by atoms with Crippen LogP contribution in [0.4, 0.5) is 0 Å². The van der Waals surface area contributed by atoms with E-state index in [2.05, 4.69) is 5.32 Å². The van der Waals surface area contributed by atoms with Crippen molar-refractivity contribution in [3.63, 3.8) is 0 Å². The molecular weight excluding hydrogens is 262 g/mol. The Labute approximate surface area is 115 Å². The predicted molar refractivity (Wildman–Crippen MR) is 76.4 cm³/mol. The van der Waals surface area contributed by atoms with E-state index in [4.69, 9.17) is 0 Å². The third-order valence-electron chi connectivity index (χ3n) is 2.58.